The zero-order valence-corrected chi connectivity index (χ0v) is 18.3. The zero-order valence-electron chi connectivity index (χ0n) is 18.3. The number of nitrogens with two attached hydrogens (primary N) is 1. The van der Waals surface area contributed by atoms with Gasteiger partial charge < -0.3 is 15.8 Å². The predicted octanol–water partition coefficient (Wildman–Crippen LogP) is 3.56. The first-order valence-corrected chi connectivity index (χ1v) is 11.0. The first-order valence-electron chi connectivity index (χ1n) is 11.0. The van der Waals surface area contributed by atoms with E-state index in [9.17, 15) is 14.4 Å². The van der Waals surface area contributed by atoms with Gasteiger partial charge in [-0.05, 0) is 30.5 Å². The molecule has 1 aromatic heterocycles. The number of amides is 3. The molecule has 0 radical (unpaired) electrons. The second kappa shape index (κ2) is 8.79. The summed E-state index contributed by atoms with van der Waals surface area (Å²) >= 11 is 0. The lowest BCUT2D eigenvalue weighted by Crippen LogP contribution is -2.53. The molecular formula is C25H20F2N4O4. The molecule has 2 aromatic carbocycles. The molecule has 35 heavy (non-hydrogen) atoms. The number of nitrogens with zero attached hydrogens (tertiary/aromatic N) is 2. The van der Waals surface area contributed by atoms with Gasteiger partial charge in [0.15, 0.2) is 17.4 Å². The van der Waals surface area contributed by atoms with Gasteiger partial charge in [-0.25, -0.2) is 13.8 Å². The van der Waals surface area contributed by atoms with Crippen LogP contribution >= 0.6 is 0 Å². The summed E-state index contributed by atoms with van der Waals surface area (Å²) in [4.78, 5) is 42.1. The van der Waals surface area contributed by atoms with Gasteiger partial charge >= 0.3 is 0 Å². The molecule has 5 rings (SSSR count). The lowest BCUT2D eigenvalue weighted by atomic mass is 9.92. The monoisotopic (exact) mass is 478 g/mol. The minimum atomic E-state index is -1.18. The molecule has 178 valence electrons. The number of anilines is 2. The number of pyridine rings is 1. The van der Waals surface area contributed by atoms with Crippen molar-refractivity contribution < 1.29 is 27.9 Å². The second-order valence-electron chi connectivity index (χ2n) is 8.43. The summed E-state index contributed by atoms with van der Waals surface area (Å²) in [5, 5.41) is 2.65. The molecule has 1 unspecified atom stereocenters. The van der Waals surface area contributed by atoms with E-state index in [0.717, 1.165) is 29.9 Å². The van der Waals surface area contributed by atoms with E-state index in [1.54, 1.807) is 24.3 Å². The normalized spacial score (nSPS) is 17.0. The highest BCUT2D eigenvalue weighted by atomic mass is 19.1. The van der Waals surface area contributed by atoms with E-state index >= 15 is 8.78 Å². The Morgan fingerprint density at radius 1 is 1.09 bits per heavy atom. The number of benzene rings is 2. The molecule has 0 saturated heterocycles. The van der Waals surface area contributed by atoms with Crippen LogP contribution in [0.15, 0.2) is 54.7 Å². The van der Waals surface area contributed by atoms with E-state index < -0.39 is 40.9 Å². The predicted molar refractivity (Wildman–Crippen MR) is 122 cm³/mol. The third-order valence-corrected chi connectivity index (χ3v) is 5.94. The Hall–Kier alpha value is -4.34. The van der Waals surface area contributed by atoms with Gasteiger partial charge in [0.25, 0.3) is 5.91 Å². The average Bonchev–Trinajstić information content (AvgIpc) is 3.67. The number of primary amides is 1. The molecule has 2 aliphatic rings. The van der Waals surface area contributed by atoms with Gasteiger partial charge in [0.2, 0.25) is 11.8 Å². The fourth-order valence-corrected chi connectivity index (χ4v) is 4.01. The molecule has 1 saturated carbocycles. The number of rotatable bonds is 6. The van der Waals surface area contributed by atoms with E-state index in [1.807, 2.05) is 0 Å². The van der Waals surface area contributed by atoms with Crippen molar-refractivity contribution in [2.24, 2.45) is 11.7 Å². The minimum absolute atomic E-state index is 0.0332. The number of fused-ring (bicyclic) bond motifs is 1. The van der Waals surface area contributed by atoms with Crippen molar-refractivity contribution >= 4 is 29.2 Å². The molecule has 1 aliphatic carbocycles. The molecule has 0 bridgehead atoms. The van der Waals surface area contributed by atoms with Crippen molar-refractivity contribution in [2.45, 2.75) is 25.3 Å². The van der Waals surface area contributed by atoms with Gasteiger partial charge in [0, 0.05) is 42.3 Å². The van der Waals surface area contributed by atoms with Crippen molar-refractivity contribution in [1.29, 1.82) is 0 Å². The number of hydrogen-bond acceptors (Lipinski definition) is 5. The summed E-state index contributed by atoms with van der Waals surface area (Å²) in [7, 11) is 0. The van der Waals surface area contributed by atoms with Crippen LogP contribution in [0.25, 0.3) is 0 Å². The molecule has 3 amide bonds. The van der Waals surface area contributed by atoms with Crippen molar-refractivity contribution in [1.82, 2.24) is 4.98 Å². The summed E-state index contributed by atoms with van der Waals surface area (Å²) in [6, 6.07) is 9.81. The third-order valence-electron chi connectivity index (χ3n) is 5.94. The van der Waals surface area contributed by atoms with Gasteiger partial charge in [-0.1, -0.05) is 18.2 Å². The Balaban J connectivity index is 1.43. The topological polar surface area (TPSA) is 115 Å². The molecule has 0 spiro atoms. The Bertz CT molecular complexity index is 1360. The molecule has 3 N–H and O–H groups in total. The van der Waals surface area contributed by atoms with Crippen molar-refractivity contribution in [3.05, 3.63) is 77.5 Å². The van der Waals surface area contributed by atoms with Crippen molar-refractivity contribution in [3.63, 3.8) is 0 Å². The van der Waals surface area contributed by atoms with Crippen LogP contribution in [0.1, 0.15) is 28.8 Å². The molecule has 1 atom stereocenters. The number of ether oxygens (including phenoxy) is 1. The summed E-state index contributed by atoms with van der Waals surface area (Å²) < 4.78 is 35.7. The van der Waals surface area contributed by atoms with Gasteiger partial charge in [0.1, 0.15) is 17.6 Å². The van der Waals surface area contributed by atoms with E-state index in [2.05, 4.69) is 10.3 Å². The lowest BCUT2D eigenvalue weighted by Gasteiger charge is -2.35. The Morgan fingerprint density at radius 3 is 2.60 bits per heavy atom. The van der Waals surface area contributed by atoms with Gasteiger partial charge in [-0.15, -0.1) is 0 Å². The quantitative estimate of drug-likeness (QED) is 0.562. The highest BCUT2D eigenvalue weighted by Gasteiger charge is 2.38. The molecule has 1 fully saturated rings. The number of aromatic nitrogens is 1. The number of hydrogen-bond donors (Lipinski definition) is 2. The third kappa shape index (κ3) is 4.42. The van der Waals surface area contributed by atoms with Crippen LogP contribution in [-0.4, -0.2) is 28.7 Å². The molecule has 2 heterocycles. The van der Waals surface area contributed by atoms with Crippen LogP contribution in [-0.2, 0) is 16.0 Å². The van der Waals surface area contributed by atoms with Crippen LogP contribution < -0.4 is 20.7 Å². The first kappa shape index (κ1) is 22.5. The Labute approximate surface area is 198 Å². The molecule has 10 heteroatoms. The SMILES string of the molecule is NC(=O)C1Cc2ccccc2C(=O)N1c1cc(F)c(Oc2ccnc(NC(=O)C3CC3)c2)cc1F. The highest BCUT2D eigenvalue weighted by molar-refractivity contribution is 6.12. The van der Waals surface area contributed by atoms with Crippen LogP contribution in [0.3, 0.4) is 0 Å². The molecule has 8 nitrogen and oxygen atoms in total. The smallest absolute Gasteiger partial charge is 0.259 e. The minimum Gasteiger partial charge on any atom is -0.454 e. The standard InChI is InChI=1S/C25H20F2N4O4/c26-17-12-21(35-15-7-8-29-22(10-15)30-24(33)13-5-6-13)18(27)11-19(17)31-20(23(28)32)9-14-3-1-2-4-16(14)25(31)34/h1-4,7-8,10-13,20H,5-6,9H2,(H2,28,32)(H,29,30,33). The van der Waals surface area contributed by atoms with Gasteiger partial charge in [0.05, 0.1) is 5.69 Å². The number of halogens is 2. The summed E-state index contributed by atoms with van der Waals surface area (Å²) in [6.07, 6.45) is 3.08. The fraction of sp³-hybridized carbons (Fsp3) is 0.200. The van der Waals surface area contributed by atoms with Crippen LogP contribution in [0.5, 0.6) is 11.5 Å². The Kier molecular flexibility index (Phi) is 5.64. The average molecular weight is 478 g/mol. The molecular weight excluding hydrogens is 458 g/mol. The molecule has 1 aliphatic heterocycles. The van der Waals surface area contributed by atoms with Crippen LogP contribution in [0.2, 0.25) is 0 Å². The largest absolute Gasteiger partial charge is 0.454 e. The number of nitrogens with one attached hydrogen (secondary N) is 1. The maximum Gasteiger partial charge on any atom is 0.259 e. The van der Waals surface area contributed by atoms with Gasteiger partial charge in [-0.2, -0.15) is 0 Å². The number of carbonyl (C=O) groups is 3. The second-order valence-corrected chi connectivity index (χ2v) is 8.43. The first-order chi connectivity index (χ1) is 16.8. The summed E-state index contributed by atoms with van der Waals surface area (Å²) in [6.45, 7) is 0. The number of carbonyl (C=O) groups excluding carboxylic acids is 3. The van der Waals surface area contributed by atoms with Gasteiger partial charge in [-0.3, -0.25) is 19.3 Å². The lowest BCUT2D eigenvalue weighted by molar-refractivity contribution is -0.119. The van der Waals surface area contributed by atoms with Crippen LogP contribution in [0, 0.1) is 17.6 Å². The van der Waals surface area contributed by atoms with Crippen molar-refractivity contribution in [2.75, 3.05) is 10.2 Å². The van der Waals surface area contributed by atoms with E-state index in [4.69, 9.17) is 10.5 Å². The Morgan fingerprint density at radius 2 is 1.86 bits per heavy atom. The van der Waals surface area contributed by atoms with Crippen LogP contribution in [0.4, 0.5) is 20.3 Å². The van der Waals surface area contributed by atoms with E-state index in [0.29, 0.717) is 5.56 Å². The van der Waals surface area contributed by atoms with E-state index in [1.165, 1.54) is 18.3 Å². The fourth-order valence-electron chi connectivity index (χ4n) is 4.01. The van der Waals surface area contributed by atoms with E-state index in [-0.39, 0.29) is 35.4 Å². The summed E-state index contributed by atoms with van der Waals surface area (Å²) in [5.74, 6) is -3.74. The maximum absolute atomic E-state index is 15.2. The highest BCUT2D eigenvalue weighted by Crippen LogP contribution is 2.36. The van der Waals surface area contributed by atoms with Crippen molar-refractivity contribution in [3.8, 4) is 11.5 Å². The maximum atomic E-state index is 15.2. The summed E-state index contributed by atoms with van der Waals surface area (Å²) in [5.41, 5.74) is 5.95. The zero-order chi connectivity index (χ0) is 24.7. The molecule has 3 aromatic rings.